The molecule has 0 aliphatic heterocycles. The minimum absolute atomic E-state index is 0.0944. The molecule has 1 aromatic carbocycles. The van der Waals surface area contributed by atoms with E-state index in [0.29, 0.717) is 5.56 Å². The second-order valence-electron chi connectivity index (χ2n) is 3.98. The number of carboxylic acid groups (broad SMARTS) is 1. The topological polar surface area (TPSA) is 40.5 Å². The molecule has 0 aliphatic rings. The first-order chi connectivity index (χ1) is 9.24. The van der Waals surface area contributed by atoms with Crippen molar-refractivity contribution in [2.75, 3.05) is 18.0 Å². The maximum Gasteiger partial charge on any atom is 0.405 e. The Bertz CT molecular complexity index is 515. The molecule has 0 radical (unpaired) electrons. The molecular weight excluding hydrogens is 295 g/mol. The summed E-state index contributed by atoms with van der Waals surface area (Å²) in [6, 6.07) is 4.53. The van der Waals surface area contributed by atoms with E-state index in [9.17, 15) is 18.0 Å². The first kappa shape index (κ1) is 16.4. The quantitative estimate of drug-likeness (QED) is 0.841. The second-order valence-corrected chi connectivity index (χ2v) is 4.39. The van der Waals surface area contributed by atoms with E-state index in [4.69, 9.17) is 16.7 Å². The molecule has 0 fully saturated rings. The van der Waals surface area contributed by atoms with Gasteiger partial charge in [-0.15, -0.1) is 0 Å². The number of anilines is 1. The average molecular weight is 308 g/mol. The van der Waals surface area contributed by atoms with Gasteiger partial charge in [0.05, 0.1) is 10.7 Å². The molecule has 0 aliphatic carbocycles. The summed E-state index contributed by atoms with van der Waals surface area (Å²) in [6.07, 6.45) is -2.29. The van der Waals surface area contributed by atoms with Gasteiger partial charge in [0.1, 0.15) is 6.54 Å². The van der Waals surface area contributed by atoms with Gasteiger partial charge in [0, 0.05) is 12.6 Å². The number of alkyl halides is 3. The minimum atomic E-state index is -4.37. The van der Waals surface area contributed by atoms with Crippen LogP contribution < -0.4 is 4.90 Å². The van der Waals surface area contributed by atoms with E-state index in [-0.39, 0.29) is 17.3 Å². The lowest BCUT2D eigenvalue weighted by atomic mass is 10.1. The van der Waals surface area contributed by atoms with E-state index < -0.39 is 18.7 Å². The number of hydrogen-bond donors (Lipinski definition) is 1. The zero-order valence-electron chi connectivity index (χ0n) is 10.6. The first-order valence-corrected chi connectivity index (χ1v) is 6.13. The van der Waals surface area contributed by atoms with Gasteiger partial charge in [-0.25, -0.2) is 4.79 Å². The summed E-state index contributed by atoms with van der Waals surface area (Å²) >= 11 is 5.96. The van der Waals surface area contributed by atoms with Crippen LogP contribution in [0.5, 0.6) is 0 Å². The summed E-state index contributed by atoms with van der Waals surface area (Å²) in [4.78, 5) is 11.6. The number of benzene rings is 1. The number of para-hydroxylation sites is 1. The van der Waals surface area contributed by atoms with Crippen molar-refractivity contribution in [2.24, 2.45) is 0 Å². The summed E-state index contributed by atoms with van der Waals surface area (Å²) in [5, 5.41) is 8.75. The fraction of sp³-hybridized carbons (Fsp3) is 0.308. The van der Waals surface area contributed by atoms with Gasteiger partial charge < -0.3 is 10.0 Å². The van der Waals surface area contributed by atoms with E-state index in [1.54, 1.807) is 13.0 Å². The molecule has 1 rings (SSSR count). The van der Waals surface area contributed by atoms with E-state index in [1.165, 1.54) is 18.2 Å². The molecule has 3 nitrogen and oxygen atoms in total. The van der Waals surface area contributed by atoms with Crippen LogP contribution in [0.2, 0.25) is 5.02 Å². The molecule has 0 heterocycles. The summed E-state index contributed by atoms with van der Waals surface area (Å²) in [5.74, 6) is -1.19. The predicted octanol–water partition coefficient (Wildman–Crippen LogP) is 3.83. The highest BCUT2D eigenvalue weighted by molar-refractivity contribution is 6.33. The lowest BCUT2D eigenvalue weighted by molar-refractivity contribution is -0.131. The number of carbonyl (C=O) groups is 1. The van der Waals surface area contributed by atoms with Gasteiger partial charge >= 0.3 is 12.1 Å². The minimum Gasteiger partial charge on any atom is -0.478 e. The van der Waals surface area contributed by atoms with E-state index in [1.807, 2.05) is 0 Å². The monoisotopic (exact) mass is 307 g/mol. The molecule has 0 atom stereocenters. The molecular formula is C13H13ClF3NO2. The van der Waals surface area contributed by atoms with Crippen LogP contribution in [-0.2, 0) is 4.79 Å². The third kappa shape index (κ3) is 4.77. The fourth-order valence-electron chi connectivity index (χ4n) is 1.73. The Balaban J connectivity index is 3.22. The molecule has 1 aromatic rings. The van der Waals surface area contributed by atoms with Crippen LogP contribution in [0, 0.1) is 0 Å². The van der Waals surface area contributed by atoms with Crippen LogP contribution in [0.25, 0.3) is 6.08 Å². The third-order valence-electron chi connectivity index (χ3n) is 2.49. The molecule has 0 bridgehead atoms. The van der Waals surface area contributed by atoms with Crippen LogP contribution in [0.4, 0.5) is 18.9 Å². The zero-order chi connectivity index (χ0) is 15.3. The van der Waals surface area contributed by atoms with Crippen molar-refractivity contribution in [2.45, 2.75) is 13.1 Å². The van der Waals surface area contributed by atoms with Crippen molar-refractivity contribution in [3.8, 4) is 0 Å². The maximum atomic E-state index is 12.6. The smallest absolute Gasteiger partial charge is 0.405 e. The van der Waals surface area contributed by atoms with Crippen LogP contribution in [0.3, 0.4) is 0 Å². The Kier molecular flexibility index (Phi) is 5.44. The average Bonchev–Trinajstić information content (AvgIpc) is 2.32. The van der Waals surface area contributed by atoms with Crippen LogP contribution >= 0.6 is 11.6 Å². The summed E-state index contributed by atoms with van der Waals surface area (Å²) in [7, 11) is 0. The highest BCUT2D eigenvalue weighted by atomic mass is 35.5. The van der Waals surface area contributed by atoms with Crippen molar-refractivity contribution >= 4 is 29.3 Å². The van der Waals surface area contributed by atoms with Gasteiger partial charge in [-0.2, -0.15) is 13.2 Å². The lowest BCUT2D eigenvalue weighted by Crippen LogP contribution is -2.34. The highest BCUT2D eigenvalue weighted by Gasteiger charge is 2.31. The van der Waals surface area contributed by atoms with Crippen molar-refractivity contribution in [1.82, 2.24) is 0 Å². The molecule has 0 amide bonds. The standard InChI is InChI=1S/C13H13ClF3NO2/c1-2-18(8-13(15,16)17)12-9(6-7-11(19)20)4-3-5-10(12)14/h3-7H,2,8H2,1H3,(H,19,20)/b7-6+. The van der Waals surface area contributed by atoms with Gasteiger partial charge in [-0.3, -0.25) is 0 Å². The van der Waals surface area contributed by atoms with Crippen molar-refractivity contribution < 1.29 is 23.1 Å². The predicted molar refractivity (Wildman–Crippen MR) is 72.1 cm³/mol. The molecule has 1 N–H and O–H groups in total. The molecule has 0 unspecified atom stereocenters. The van der Waals surface area contributed by atoms with Gasteiger partial charge in [0.25, 0.3) is 0 Å². The molecule has 110 valence electrons. The molecule has 0 spiro atoms. The molecule has 0 aromatic heterocycles. The lowest BCUT2D eigenvalue weighted by Gasteiger charge is -2.27. The van der Waals surface area contributed by atoms with Crippen LogP contribution in [-0.4, -0.2) is 30.3 Å². The number of hydrogen-bond acceptors (Lipinski definition) is 2. The normalized spacial score (nSPS) is 11.8. The number of rotatable bonds is 5. The van der Waals surface area contributed by atoms with Gasteiger partial charge in [-0.1, -0.05) is 23.7 Å². The Morgan fingerprint density at radius 1 is 1.45 bits per heavy atom. The van der Waals surface area contributed by atoms with Crippen LogP contribution in [0.1, 0.15) is 12.5 Å². The summed E-state index contributed by atoms with van der Waals surface area (Å²) in [5.41, 5.74) is 0.498. The van der Waals surface area contributed by atoms with Crippen molar-refractivity contribution in [3.05, 3.63) is 34.9 Å². The number of halogens is 4. The third-order valence-corrected chi connectivity index (χ3v) is 2.80. The number of aliphatic carboxylic acids is 1. The summed E-state index contributed by atoms with van der Waals surface area (Å²) in [6.45, 7) is 0.512. The van der Waals surface area contributed by atoms with Gasteiger partial charge in [0.2, 0.25) is 0 Å². The van der Waals surface area contributed by atoms with Gasteiger partial charge in [0.15, 0.2) is 0 Å². The molecule has 20 heavy (non-hydrogen) atoms. The zero-order valence-corrected chi connectivity index (χ0v) is 11.4. The largest absolute Gasteiger partial charge is 0.478 e. The van der Waals surface area contributed by atoms with E-state index in [2.05, 4.69) is 0 Å². The Morgan fingerprint density at radius 3 is 2.60 bits per heavy atom. The Labute approximate surface area is 119 Å². The Morgan fingerprint density at radius 2 is 2.10 bits per heavy atom. The SMILES string of the molecule is CCN(CC(F)(F)F)c1c(Cl)cccc1/C=C/C(=O)O. The van der Waals surface area contributed by atoms with E-state index >= 15 is 0 Å². The highest BCUT2D eigenvalue weighted by Crippen LogP contribution is 2.32. The second kappa shape index (κ2) is 6.65. The molecule has 0 saturated heterocycles. The number of nitrogens with zero attached hydrogens (tertiary/aromatic N) is 1. The summed E-state index contributed by atoms with van der Waals surface area (Å²) < 4.78 is 37.7. The van der Waals surface area contributed by atoms with E-state index in [0.717, 1.165) is 11.0 Å². The van der Waals surface area contributed by atoms with Crippen molar-refractivity contribution in [3.63, 3.8) is 0 Å². The fourth-order valence-corrected chi connectivity index (χ4v) is 2.03. The Hall–Kier alpha value is -1.69. The number of carboxylic acids is 1. The maximum absolute atomic E-state index is 12.6. The van der Waals surface area contributed by atoms with Crippen LogP contribution in [0.15, 0.2) is 24.3 Å². The molecule has 7 heteroatoms. The van der Waals surface area contributed by atoms with Crippen molar-refractivity contribution in [1.29, 1.82) is 0 Å². The first-order valence-electron chi connectivity index (χ1n) is 5.76. The van der Waals surface area contributed by atoms with Gasteiger partial charge in [-0.05, 0) is 24.6 Å². The molecule has 0 saturated carbocycles.